The largest absolute Gasteiger partial charge is 0.466 e. The number of ether oxygens (including phenoxy) is 1. The summed E-state index contributed by atoms with van der Waals surface area (Å²) >= 11 is 0. The van der Waals surface area contributed by atoms with Crippen LogP contribution >= 0.6 is 0 Å². The molecule has 0 aliphatic rings. The van der Waals surface area contributed by atoms with Crippen molar-refractivity contribution in [1.29, 1.82) is 0 Å². The molecule has 24 heavy (non-hydrogen) atoms. The van der Waals surface area contributed by atoms with E-state index in [1.165, 1.54) is 70.6 Å². The van der Waals surface area contributed by atoms with Gasteiger partial charge in [0.1, 0.15) is 0 Å². The average Bonchev–Trinajstić information content (AvgIpc) is 2.60. The van der Waals surface area contributed by atoms with Gasteiger partial charge in [0.2, 0.25) is 0 Å². The molecule has 0 rings (SSSR count). The van der Waals surface area contributed by atoms with Crippen LogP contribution in [-0.2, 0) is 9.53 Å². The third kappa shape index (κ3) is 16.3. The Morgan fingerprint density at radius 1 is 0.708 bits per heavy atom. The van der Waals surface area contributed by atoms with E-state index in [-0.39, 0.29) is 5.97 Å². The molecule has 3 nitrogen and oxygen atoms in total. The van der Waals surface area contributed by atoms with Gasteiger partial charge in [0, 0.05) is 6.54 Å². The Morgan fingerprint density at radius 3 is 1.62 bits per heavy atom. The minimum absolute atomic E-state index is 0.0371. The summed E-state index contributed by atoms with van der Waals surface area (Å²) in [5, 5.41) is 0. The fourth-order valence-electron chi connectivity index (χ4n) is 2.99. The van der Waals surface area contributed by atoms with Crippen molar-refractivity contribution in [3.63, 3.8) is 0 Å². The number of rotatable bonds is 18. The number of hydrogen-bond acceptors (Lipinski definition) is 3. The van der Waals surface area contributed by atoms with Crippen molar-refractivity contribution in [3.8, 4) is 0 Å². The molecule has 0 aromatic rings. The highest BCUT2D eigenvalue weighted by Gasteiger charge is 2.05. The molecule has 0 aliphatic heterocycles. The van der Waals surface area contributed by atoms with Crippen LogP contribution in [0.2, 0.25) is 0 Å². The predicted octanol–water partition coefficient (Wildman–Crippen LogP) is 5.96. The second-order valence-corrected chi connectivity index (χ2v) is 6.89. The molecule has 0 aliphatic carbocycles. The van der Waals surface area contributed by atoms with Crippen molar-refractivity contribution in [2.75, 3.05) is 26.2 Å². The average molecular weight is 342 g/mol. The van der Waals surface area contributed by atoms with E-state index in [1.807, 2.05) is 0 Å². The topological polar surface area (TPSA) is 29.5 Å². The summed E-state index contributed by atoms with van der Waals surface area (Å²) in [5.41, 5.74) is 0. The van der Waals surface area contributed by atoms with E-state index in [2.05, 4.69) is 25.7 Å². The molecule has 144 valence electrons. The summed E-state index contributed by atoms with van der Waals surface area (Å²) < 4.78 is 5.31. The molecule has 0 aromatic heterocycles. The summed E-state index contributed by atoms with van der Waals surface area (Å²) in [6.45, 7) is 9.96. The third-order valence-corrected chi connectivity index (χ3v) is 4.79. The molecule has 3 heteroatoms. The first-order chi connectivity index (χ1) is 11.7. The zero-order chi connectivity index (χ0) is 17.9. The fourth-order valence-corrected chi connectivity index (χ4v) is 2.99. The molecule has 0 bridgehead atoms. The van der Waals surface area contributed by atoms with Crippen LogP contribution in [0.25, 0.3) is 0 Å². The molecule has 0 aromatic carbocycles. The van der Waals surface area contributed by atoms with Crippen molar-refractivity contribution >= 4 is 5.97 Å². The number of esters is 1. The standard InChI is InChI=1S/C21H43NO2/c1-4-7-8-9-10-11-12-13-14-15-16-17-20-24-21(23)18-19-22(5-2)6-3/h4-20H2,1-3H3. The highest BCUT2D eigenvalue weighted by molar-refractivity contribution is 5.69. The van der Waals surface area contributed by atoms with Crippen molar-refractivity contribution in [1.82, 2.24) is 4.90 Å². The highest BCUT2D eigenvalue weighted by Crippen LogP contribution is 2.11. The van der Waals surface area contributed by atoms with E-state index in [0.29, 0.717) is 13.0 Å². The summed E-state index contributed by atoms with van der Waals surface area (Å²) in [4.78, 5) is 13.9. The van der Waals surface area contributed by atoms with Crippen LogP contribution < -0.4 is 0 Å². The number of unbranched alkanes of at least 4 members (excludes halogenated alkanes) is 11. The van der Waals surface area contributed by atoms with Gasteiger partial charge in [-0.3, -0.25) is 4.79 Å². The van der Waals surface area contributed by atoms with Gasteiger partial charge in [-0.2, -0.15) is 0 Å². The lowest BCUT2D eigenvalue weighted by Gasteiger charge is -2.16. The van der Waals surface area contributed by atoms with E-state index in [4.69, 9.17) is 4.74 Å². The van der Waals surface area contributed by atoms with E-state index >= 15 is 0 Å². The van der Waals surface area contributed by atoms with Gasteiger partial charge in [0.05, 0.1) is 13.0 Å². The second kappa shape index (κ2) is 18.8. The first-order valence-electron chi connectivity index (χ1n) is 10.6. The van der Waals surface area contributed by atoms with Crippen LogP contribution in [0.15, 0.2) is 0 Å². The van der Waals surface area contributed by atoms with E-state index in [1.54, 1.807) is 0 Å². The zero-order valence-corrected chi connectivity index (χ0v) is 16.8. The number of hydrogen-bond donors (Lipinski definition) is 0. The minimum Gasteiger partial charge on any atom is -0.466 e. The molecule has 0 spiro atoms. The minimum atomic E-state index is -0.0371. The fraction of sp³-hybridized carbons (Fsp3) is 0.952. The molecule has 0 atom stereocenters. The first kappa shape index (κ1) is 23.4. The maximum absolute atomic E-state index is 11.6. The van der Waals surface area contributed by atoms with Crippen LogP contribution in [0, 0.1) is 0 Å². The van der Waals surface area contributed by atoms with E-state index in [0.717, 1.165) is 26.1 Å². The van der Waals surface area contributed by atoms with Gasteiger partial charge >= 0.3 is 5.97 Å². The lowest BCUT2D eigenvalue weighted by Crippen LogP contribution is -2.26. The van der Waals surface area contributed by atoms with Crippen molar-refractivity contribution in [2.45, 2.75) is 104 Å². The molecule has 0 unspecified atom stereocenters. The molecule has 0 radical (unpaired) electrons. The summed E-state index contributed by atoms with van der Waals surface area (Å²) in [6.07, 6.45) is 16.6. The molecule has 0 saturated carbocycles. The van der Waals surface area contributed by atoms with Crippen molar-refractivity contribution in [2.24, 2.45) is 0 Å². The van der Waals surface area contributed by atoms with Gasteiger partial charge in [-0.25, -0.2) is 0 Å². The SMILES string of the molecule is CCCCCCCCCCCCCCOC(=O)CCN(CC)CC. The Morgan fingerprint density at radius 2 is 1.17 bits per heavy atom. The first-order valence-corrected chi connectivity index (χ1v) is 10.6. The number of carbonyl (C=O) groups is 1. The van der Waals surface area contributed by atoms with Gasteiger partial charge in [-0.1, -0.05) is 91.4 Å². The molecule has 0 saturated heterocycles. The number of carbonyl (C=O) groups excluding carboxylic acids is 1. The van der Waals surface area contributed by atoms with Crippen LogP contribution in [0.1, 0.15) is 104 Å². The van der Waals surface area contributed by atoms with Crippen molar-refractivity contribution < 1.29 is 9.53 Å². The Kier molecular flexibility index (Phi) is 18.3. The smallest absolute Gasteiger partial charge is 0.307 e. The maximum Gasteiger partial charge on any atom is 0.307 e. The quantitative estimate of drug-likeness (QED) is 0.227. The highest BCUT2D eigenvalue weighted by atomic mass is 16.5. The molecular weight excluding hydrogens is 298 g/mol. The molecule has 0 fully saturated rings. The Balaban J connectivity index is 3.20. The Bertz CT molecular complexity index is 265. The molecule has 0 heterocycles. The van der Waals surface area contributed by atoms with Gasteiger partial charge in [0.15, 0.2) is 0 Å². The van der Waals surface area contributed by atoms with Crippen LogP contribution in [0.4, 0.5) is 0 Å². The van der Waals surface area contributed by atoms with Gasteiger partial charge < -0.3 is 9.64 Å². The van der Waals surface area contributed by atoms with Crippen LogP contribution in [0.5, 0.6) is 0 Å². The molecule has 0 N–H and O–H groups in total. The van der Waals surface area contributed by atoms with E-state index < -0.39 is 0 Å². The van der Waals surface area contributed by atoms with Gasteiger partial charge in [-0.05, 0) is 19.5 Å². The third-order valence-electron chi connectivity index (χ3n) is 4.79. The molecular formula is C21H43NO2. The monoisotopic (exact) mass is 341 g/mol. The van der Waals surface area contributed by atoms with E-state index in [9.17, 15) is 4.79 Å². The van der Waals surface area contributed by atoms with Crippen LogP contribution in [0.3, 0.4) is 0 Å². The van der Waals surface area contributed by atoms with Gasteiger partial charge in [0.25, 0.3) is 0 Å². The van der Waals surface area contributed by atoms with Crippen molar-refractivity contribution in [3.05, 3.63) is 0 Å². The maximum atomic E-state index is 11.6. The zero-order valence-electron chi connectivity index (χ0n) is 16.8. The van der Waals surface area contributed by atoms with Gasteiger partial charge in [-0.15, -0.1) is 0 Å². The predicted molar refractivity (Wildman–Crippen MR) is 104 cm³/mol. The summed E-state index contributed by atoms with van der Waals surface area (Å²) in [7, 11) is 0. The summed E-state index contributed by atoms with van der Waals surface area (Å²) in [5.74, 6) is -0.0371. The number of nitrogens with zero attached hydrogens (tertiary/aromatic N) is 1. The summed E-state index contributed by atoms with van der Waals surface area (Å²) in [6, 6.07) is 0. The Labute approximate surface area is 151 Å². The van der Waals surface area contributed by atoms with Crippen LogP contribution in [-0.4, -0.2) is 37.1 Å². The molecule has 0 amide bonds. The normalized spacial score (nSPS) is 11.2. The lowest BCUT2D eigenvalue weighted by molar-refractivity contribution is -0.144. The lowest BCUT2D eigenvalue weighted by atomic mass is 10.1. The second-order valence-electron chi connectivity index (χ2n) is 6.89. The Hall–Kier alpha value is -0.570.